The Morgan fingerprint density at radius 3 is 1.24 bits per heavy atom. The van der Waals surface area contributed by atoms with Crippen molar-refractivity contribution in [3.05, 3.63) is 57.6 Å². The van der Waals surface area contributed by atoms with Crippen LogP contribution in [-0.2, 0) is 17.3 Å². The Balaban J connectivity index is 2.73. The van der Waals surface area contributed by atoms with Gasteiger partial charge in [0.15, 0.2) is 0 Å². The molecule has 0 saturated carbocycles. The van der Waals surface area contributed by atoms with Gasteiger partial charge in [-0.05, 0) is 46.9 Å². The molecule has 0 aromatic heterocycles. The zero-order valence-corrected chi connectivity index (χ0v) is 16.9. The Morgan fingerprint density at radius 1 is 0.640 bits per heavy atom. The van der Waals surface area contributed by atoms with Gasteiger partial charge in [-0.15, -0.1) is 0 Å². The van der Waals surface area contributed by atoms with E-state index in [0.29, 0.717) is 17.9 Å². The normalized spacial score (nSPS) is 12.5. The third kappa shape index (κ3) is 3.84. The zero-order valence-electron chi connectivity index (χ0n) is 16.9. The number of phenols is 2. The summed E-state index contributed by atoms with van der Waals surface area (Å²) >= 11 is 0. The lowest BCUT2D eigenvalue weighted by molar-refractivity contribution is 0.450. The Labute approximate surface area is 152 Å². The van der Waals surface area contributed by atoms with Crippen molar-refractivity contribution in [2.24, 2.45) is 0 Å². The van der Waals surface area contributed by atoms with E-state index in [1.54, 1.807) is 0 Å². The first-order valence-electron chi connectivity index (χ1n) is 8.98. The molecule has 0 bridgehead atoms. The summed E-state index contributed by atoms with van der Waals surface area (Å²) in [5.74, 6) is 0.682. The van der Waals surface area contributed by atoms with E-state index in [1.165, 1.54) is 0 Å². The second kappa shape index (κ2) is 6.40. The molecule has 0 atom stereocenters. The molecule has 136 valence electrons. The van der Waals surface area contributed by atoms with Gasteiger partial charge in [-0.25, -0.2) is 0 Å². The maximum absolute atomic E-state index is 10.8. The highest BCUT2D eigenvalue weighted by molar-refractivity contribution is 5.55. The predicted molar refractivity (Wildman–Crippen MR) is 106 cm³/mol. The van der Waals surface area contributed by atoms with E-state index in [-0.39, 0.29) is 10.8 Å². The fraction of sp³-hybridized carbons (Fsp3) is 0.478. The van der Waals surface area contributed by atoms with E-state index < -0.39 is 0 Å². The molecule has 0 spiro atoms. The molecule has 0 unspecified atom stereocenters. The molecule has 0 heterocycles. The van der Waals surface area contributed by atoms with Crippen LogP contribution in [0.2, 0.25) is 0 Å². The van der Waals surface area contributed by atoms with Crippen LogP contribution in [0.15, 0.2) is 24.3 Å². The van der Waals surface area contributed by atoms with E-state index in [0.717, 1.165) is 33.4 Å². The quantitative estimate of drug-likeness (QED) is 0.714. The zero-order chi connectivity index (χ0) is 19.2. The SMILES string of the molecule is Cc1ccc(C(C)(C)C)c(Cc2c(C(C)(C)C)ccc(C)c2O)c1O. The van der Waals surface area contributed by atoms with Crippen molar-refractivity contribution in [3.63, 3.8) is 0 Å². The molecule has 0 aliphatic heterocycles. The molecule has 0 fully saturated rings. The topological polar surface area (TPSA) is 40.5 Å². The third-order valence-electron chi connectivity index (χ3n) is 4.94. The van der Waals surface area contributed by atoms with Gasteiger partial charge in [-0.2, -0.15) is 0 Å². The van der Waals surface area contributed by atoms with Crippen LogP contribution in [0, 0.1) is 13.8 Å². The summed E-state index contributed by atoms with van der Waals surface area (Å²) in [6.07, 6.45) is 0.528. The van der Waals surface area contributed by atoms with Gasteiger partial charge in [-0.3, -0.25) is 0 Å². The average Bonchev–Trinajstić information content (AvgIpc) is 2.46. The van der Waals surface area contributed by atoms with Crippen molar-refractivity contribution in [2.45, 2.75) is 72.6 Å². The van der Waals surface area contributed by atoms with Gasteiger partial charge in [-0.1, -0.05) is 65.8 Å². The maximum atomic E-state index is 10.8. The molecule has 2 nitrogen and oxygen atoms in total. The molecule has 25 heavy (non-hydrogen) atoms. The summed E-state index contributed by atoms with van der Waals surface area (Å²) in [5.41, 5.74) is 5.65. The van der Waals surface area contributed by atoms with E-state index in [2.05, 4.69) is 53.7 Å². The number of rotatable bonds is 2. The molecule has 0 amide bonds. The molecule has 0 aliphatic carbocycles. The highest BCUT2D eigenvalue weighted by Gasteiger charge is 2.26. The summed E-state index contributed by atoms with van der Waals surface area (Å²) in [5, 5.41) is 21.6. The molecule has 0 saturated heterocycles. The van der Waals surface area contributed by atoms with E-state index in [4.69, 9.17) is 0 Å². The van der Waals surface area contributed by atoms with Gasteiger partial charge in [0.2, 0.25) is 0 Å². The minimum Gasteiger partial charge on any atom is -0.507 e. The number of hydrogen-bond donors (Lipinski definition) is 2. The lowest BCUT2D eigenvalue weighted by Crippen LogP contribution is -2.18. The fourth-order valence-electron chi connectivity index (χ4n) is 3.45. The van der Waals surface area contributed by atoms with Gasteiger partial charge in [0.25, 0.3) is 0 Å². The number of aromatic hydroxyl groups is 2. The van der Waals surface area contributed by atoms with Crippen molar-refractivity contribution < 1.29 is 10.2 Å². The molecule has 0 aliphatic rings. The molecule has 0 radical (unpaired) electrons. The van der Waals surface area contributed by atoms with Gasteiger partial charge in [0.1, 0.15) is 11.5 Å². The highest BCUT2D eigenvalue weighted by Crippen LogP contribution is 2.40. The van der Waals surface area contributed by atoms with Crippen LogP contribution in [-0.4, -0.2) is 10.2 Å². The number of phenolic OH excluding ortho intramolecular Hbond substituents is 2. The smallest absolute Gasteiger partial charge is 0.122 e. The second-order valence-corrected chi connectivity index (χ2v) is 9.19. The van der Waals surface area contributed by atoms with Crippen molar-refractivity contribution in [3.8, 4) is 11.5 Å². The first kappa shape index (κ1) is 19.4. The monoisotopic (exact) mass is 340 g/mol. The molecular formula is C23H32O2. The Bertz CT molecular complexity index is 720. The average molecular weight is 341 g/mol. The summed E-state index contributed by atoms with van der Waals surface area (Å²) < 4.78 is 0. The highest BCUT2D eigenvalue weighted by atomic mass is 16.3. The van der Waals surface area contributed by atoms with Crippen molar-refractivity contribution in [2.75, 3.05) is 0 Å². The fourth-order valence-corrected chi connectivity index (χ4v) is 3.45. The second-order valence-electron chi connectivity index (χ2n) is 9.19. The third-order valence-corrected chi connectivity index (χ3v) is 4.94. The standard InChI is InChI=1S/C23H32O2/c1-14-9-11-18(22(3,4)5)16(20(14)24)13-17-19(23(6,7)8)12-10-15(2)21(17)25/h9-12,24-25H,13H2,1-8H3. The minimum absolute atomic E-state index is 0.0815. The van der Waals surface area contributed by atoms with Crippen LogP contribution in [0.4, 0.5) is 0 Å². The van der Waals surface area contributed by atoms with Gasteiger partial charge in [0, 0.05) is 17.5 Å². The minimum atomic E-state index is -0.0815. The molecule has 2 aromatic rings. The molecular weight excluding hydrogens is 308 g/mol. The largest absolute Gasteiger partial charge is 0.507 e. The predicted octanol–water partition coefficient (Wildman–Crippen LogP) is 5.90. The lowest BCUT2D eigenvalue weighted by atomic mass is 9.77. The molecule has 2 N–H and O–H groups in total. The van der Waals surface area contributed by atoms with Crippen LogP contribution >= 0.6 is 0 Å². The van der Waals surface area contributed by atoms with Crippen LogP contribution in [0.25, 0.3) is 0 Å². The van der Waals surface area contributed by atoms with Crippen LogP contribution in [0.5, 0.6) is 11.5 Å². The first-order valence-corrected chi connectivity index (χ1v) is 8.98. The van der Waals surface area contributed by atoms with E-state index >= 15 is 0 Å². The lowest BCUT2D eigenvalue weighted by Gasteiger charge is -2.28. The number of hydrogen-bond acceptors (Lipinski definition) is 2. The van der Waals surface area contributed by atoms with Crippen LogP contribution in [0.3, 0.4) is 0 Å². The first-order chi connectivity index (χ1) is 11.3. The van der Waals surface area contributed by atoms with Crippen molar-refractivity contribution in [1.82, 2.24) is 0 Å². The molecule has 2 rings (SSSR count). The van der Waals surface area contributed by atoms with Gasteiger partial charge >= 0.3 is 0 Å². The van der Waals surface area contributed by atoms with Crippen LogP contribution < -0.4 is 0 Å². The van der Waals surface area contributed by atoms with Crippen molar-refractivity contribution >= 4 is 0 Å². The summed E-state index contributed by atoms with van der Waals surface area (Å²) in [6, 6.07) is 8.16. The van der Waals surface area contributed by atoms with Gasteiger partial charge in [0.05, 0.1) is 0 Å². The summed E-state index contributed by atoms with van der Waals surface area (Å²) in [4.78, 5) is 0. The van der Waals surface area contributed by atoms with E-state index in [9.17, 15) is 10.2 Å². The Hall–Kier alpha value is -1.96. The van der Waals surface area contributed by atoms with E-state index in [1.807, 2.05) is 26.0 Å². The number of benzene rings is 2. The molecule has 2 heteroatoms. The maximum Gasteiger partial charge on any atom is 0.122 e. The Kier molecular flexibility index (Phi) is 4.96. The molecule has 2 aromatic carbocycles. The Morgan fingerprint density at radius 2 is 0.960 bits per heavy atom. The van der Waals surface area contributed by atoms with Crippen LogP contribution in [0.1, 0.15) is 74.9 Å². The van der Waals surface area contributed by atoms with Gasteiger partial charge < -0.3 is 10.2 Å². The van der Waals surface area contributed by atoms with Crippen molar-refractivity contribution in [1.29, 1.82) is 0 Å². The number of aryl methyl sites for hydroxylation is 2. The summed E-state index contributed by atoms with van der Waals surface area (Å²) in [7, 11) is 0. The summed E-state index contributed by atoms with van der Waals surface area (Å²) in [6.45, 7) is 16.8.